The van der Waals surface area contributed by atoms with Crippen LogP contribution in [0.25, 0.3) is 32.6 Å². The number of nitrogens with zero attached hydrogens (tertiary/aromatic N) is 1. The average molecular weight is 350 g/mol. The highest BCUT2D eigenvalue weighted by atomic mass is 16.5. The Morgan fingerprint density at radius 1 is 0.923 bits per heavy atom. The predicted molar refractivity (Wildman–Crippen MR) is 102 cm³/mol. The van der Waals surface area contributed by atoms with Crippen molar-refractivity contribution in [1.82, 2.24) is 9.97 Å². The van der Waals surface area contributed by atoms with Crippen LogP contribution in [0.3, 0.4) is 0 Å². The van der Waals surface area contributed by atoms with Crippen LogP contribution < -0.4 is 19.6 Å². The molecular weight excluding hydrogens is 332 g/mol. The van der Waals surface area contributed by atoms with Gasteiger partial charge in [-0.25, -0.2) is 4.98 Å². The lowest BCUT2D eigenvalue weighted by Gasteiger charge is -2.14. The molecule has 26 heavy (non-hydrogen) atoms. The van der Waals surface area contributed by atoms with Gasteiger partial charge in [0.25, 0.3) is 0 Å². The second kappa shape index (κ2) is 5.91. The van der Waals surface area contributed by atoms with Gasteiger partial charge in [-0.3, -0.25) is 4.79 Å². The van der Waals surface area contributed by atoms with E-state index in [1.54, 1.807) is 34.3 Å². The van der Waals surface area contributed by atoms with E-state index in [-0.39, 0.29) is 5.43 Å². The fourth-order valence-electron chi connectivity index (χ4n) is 3.38. The Morgan fingerprint density at radius 2 is 1.65 bits per heavy atom. The molecule has 0 saturated heterocycles. The SMILES string of the molecule is COc1cc2[nH]cc3c(OC)nc4c(C)c(=O)ccc4c3c2cc1OC. The maximum Gasteiger partial charge on any atom is 0.223 e. The molecule has 2 aromatic heterocycles. The molecule has 1 N–H and O–H groups in total. The molecule has 0 unspecified atom stereocenters. The van der Waals surface area contributed by atoms with Crippen molar-refractivity contribution >= 4 is 32.6 Å². The Balaban J connectivity index is 2.30. The van der Waals surface area contributed by atoms with Crippen molar-refractivity contribution < 1.29 is 14.2 Å². The predicted octanol–water partition coefficient (Wildman–Crippen LogP) is 3.56. The minimum Gasteiger partial charge on any atom is -0.493 e. The van der Waals surface area contributed by atoms with Crippen LogP contribution in [0, 0.1) is 6.92 Å². The van der Waals surface area contributed by atoms with Gasteiger partial charge < -0.3 is 19.2 Å². The van der Waals surface area contributed by atoms with Crippen molar-refractivity contribution in [2.24, 2.45) is 0 Å². The summed E-state index contributed by atoms with van der Waals surface area (Å²) in [4.78, 5) is 19.9. The number of H-pyrrole nitrogens is 1. The van der Waals surface area contributed by atoms with Crippen LogP contribution in [0.5, 0.6) is 17.4 Å². The summed E-state index contributed by atoms with van der Waals surface area (Å²) in [5, 5.41) is 3.61. The molecule has 0 amide bonds. The van der Waals surface area contributed by atoms with E-state index in [1.165, 1.54) is 0 Å². The van der Waals surface area contributed by atoms with Crippen LogP contribution in [-0.2, 0) is 0 Å². The maximum absolute atomic E-state index is 12.1. The lowest BCUT2D eigenvalue weighted by molar-refractivity contribution is 0.356. The zero-order valence-corrected chi connectivity index (χ0v) is 15.0. The van der Waals surface area contributed by atoms with Crippen molar-refractivity contribution in [3.05, 3.63) is 46.2 Å². The highest BCUT2D eigenvalue weighted by Gasteiger charge is 2.16. The number of rotatable bonds is 3. The number of benzene rings is 2. The zero-order valence-electron chi connectivity index (χ0n) is 15.0. The van der Waals surface area contributed by atoms with Gasteiger partial charge in [0.2, 0.25) is 5.88 Å². The first-order chi connectivity index (χ1) is 12.6. The van der Waals surface area contributed by atoms with Crippen LogP contribution in [0.2, 0.25) is 0 Å². The van der Waals surface area contributed by atoms with Gasteiger partial charge in [0, 0.05) is 39.5 Å². The third kappa shape index (κ3) is 2.19. The van der Waals surface area contributed by atoms with E-state index in [1.807, 2.05) is 24.4 Å². The summed E-state index contributed by atoms with van der Waals surface area (Å²) in [5.41, 5.74) is 2.08. The molecule has 0 aliphatic heterocycles. The van der Waals surface area contributed by atoms with E-state index in [0.717, 1.165) is 27.1 Å². The van der Waals surface area contributed by atoms with Gasteiger partial charge in [0.15, 0.2) is 16.9 Å². The fraction of sp³-hybridized carbons (Fsp3) is 0.200. The molecule has 6 heteroatoms. The van der Waals surface area contributed by atoms with E-state index in [9.17, 15) is 4.79 Å². The molecular formula is C20H18N2O4. The third-order valence-electron chi connectivity index (χ3n) is 4.72. The first-order valence-corrected chi connectivity index (χ1v) is 8.13. The Hall–Kier alpha value is -3.28. The number of aryl methyl sites for hydroxylation is 1. The van der Waals surface area contributed by atoms with Gasteiger partial charge in [-0.1, -0.05) is 0 Å². The van der Waals surface area contributed by atoms with Crippen molar-refractivity contribution in [2.75, 3.05) is 21.3 Å². The minimum absolute atomic E-state index is 0.0440. The highest BCUT2D eigenvalue weighted by molar-refractivity contribution is 6.20. The number of hydrogen-bond acceptors (Lipinski definition) is 5. The third-order valence-corrected chi connectivity index (χ3v) is 4.72. The fourth-order valence-corrected chi connectivity index (χ4v) is 3.38. The first kappa shape index (κ1) is 16.2. The Bertz CT molecular complexity index is 1230. The monoisotopic (exact) mass is 350 g/mol. The first-order valence-electron chi connectivity index (χ1n) is 8.13. The molecule has 0 bridgehead atoms. The average Bonchev–Trinajstić information content (AvgIpc) is 2.68. The number of pyridine rings is 2. The molecule has 4 rings (SSSR count). The van der Waals surface area contributed by atoms with Crippen molar-refractivity contribution in [2.45, 2.75) is 6.92 Å². The van der Waals surface area contributed by atoms with Gasteiger partial charge in [0.05, 0.1) is 32.2 Å². The van der Waals surface area contributed by atoms with Crippen LogP contribution in [0.15, 0.2) is 35.3 Å². The highest BCUT2D eigenvalue weighted by Crippen LogP contribution is 2.39. The molecule has 0 saturated carbocycles. The number of nitrogens with one attached hydrogen (secondary N) is 1. The van der Waals surface area contributed by atoms with Gasteiger partial charge in [0.1, 0.15) is 0 Å². The summed E-state index contributed by atoms with van der Waals surface area (Å²) in [6.07, 6.45) is 1.86. The standard InChI is InChI=1S/C20H18N2O4/c1-10-15(23)6-5-11-18-12-7-16(24-2)17(25-3)8-14(12)21-9-13(18)20(26-4)22-19(10)11/h5-9,21H,1-4H3. The summed E-state index contributed by atoms with van der Waals surface area (Å²) in [5.74, 6) is 1.73. The van der Waals surface area contributed by atoms with Crippen LogP contribution >= 0.6 is 0 Å². The number of aromatic nitrogens is 2. The van der Waals surface area contributed by atoms with Gasteiger partial charge in [-0.15, -0.1) is 0 Å². The van der Waals surface area contributed by atoms with Crippen molar-refractivity contribution in [3.8, 4) is 17.4 Å². The van der Waals surface area contributed by atoms with E-state index in [0.29, 0.717) is 28.5 Å². The summed E-state index contributed by atoms with van der Waals surface area (Å²) in [7, 11) is 4.78. The van der Waals surface area contributed by atoms with E-state index in [2.05, 4.69) is 9.97 Å². The molecule has 2 heterocycles. The van der Waals surface area contributed by atoms with Gasteiger partial charge in [-0.2, -0.15) is 0 Å². The molecule has 2 aromatic carbocycles. The summed E-state index contributed by atoms with van der Waals surface area (Å²) >= 11 is 0. The van der Waals surface area contributed by atoms with E-state index >= 15 is 0 Å². The summed E-state index contributed by atoms with van der Waals surface area (Å²) < 4.78 is 16.4. The second-order valence-electron chi connectivity index (χ2n) is 6.04. The molecule has 6 nitrogen and oxygen atoms in total. The van der Waals surface area contributed by atoms with E-state index in [4.69, 9.17) is 14.2 Å². The number of aromatic amines is 1. The molecule has 0 aliphatic rings. The molecule has 0 spiro atoms. The zero-order chi connectivity index (χ0) is 18.4. The molecule has 0 fully saturated rings. The lowest BCUT2D eigenvalue weighted by atomic mass is 10.0. The van der Waals surface area contributed by atoms with Crippen LogP contribution in [0.4, 0.5) is 0 Å². The second-order valence-corrected chi connectivity index (χ2v) is 6.04. The topological polar surface area (TPSA) is 73.4 Å². The van der Waals surface area contributed by atoms with Gasteiger partial charge >= 0.3 is 0 Å². The van der Waals surface area contributed by atoms with Crippen molar-refractivity contribution in [1.29, 1.82) is 0 Å². The molecule has 0 atom stereocenters. The van der Waals surface area contributed by atoms with Gasteiger partial charge in [-0.05, 0) is 25.1 Å². The smallest absolute Gasteiger partial charge is 0.223 e. The van der Waals surface area contributed by atoms with E-state index < -0.39 is 0 Å². The molecule has 0 aliphatic carbocycles. The number of fused-ring (bicyclic) bond motifs is 5. The molecule has 132 valence electrons. The van der Waals surface area contributed by atoms with Crippen LogP contribution in [-0.4, -0.2) is 31.3 Å². The van der Waals surface area contributed by atoms with Crippen LogP contribution in [0.1, 0.15) is 5.56 Å². The maximum atomic E-state index is 12.1. The number of hydrogen-bond donors (Lipinski definition) is 1. The molecule has 0 radical (unpaired) electrons. The number of ether oxygens (including phenoxy) is 3. The normalized spacial score (nSPS) is 11.2. The largest absolute Gasteiger partial charge is 0.493 e. The Morgan fingerprint density at radius 3 is 2.35 bits per heavy atom. The quantitative estimate of drug-likeness (QED) is 0.572. The summed E-state index contributed by atoms with van der Waals surface area (Å²) in [6, 6.07) is 7.21. The Kier molecular flexibility index (Phi) is 3.68. The minimum atomic E-state index is -0.0440. The Labute approximate surface area is 149 Å². The lowest BCUT2D eigenvalue weighted by Crippen LogP contribution is -2.05. The van der Waals surface area contributed by atoms with Crippen molar-refractivity contribution in [3.63, 3.8) is 0 Å². The molecule has 4 aromatic rings. The summed E-state index contributed by atoms with van der Waals surface area (Å²) in [6.45, 7) is 1.78. The number of methoxy groups -OCH3 is 3.